The topological polar surface area (TPSA) is 90.2 Å². The molecule has 0 N–H and O–H groups in total. The molecule has 1 aliphatic heterocycles. The lowest BCUT2D eigenvalue weighted by Crippen LogP contribution is -2.44. The second kappa shape index (κ2) is 10.8. The summed E-state index contributed by atoms with van der Waals surface area (Å²) < 4.78 is 56.1. The van der Waals surface area contributed by atoms with Crippen molar-refractivity contribution >= 4 is 72.8 Å². The van der Waals surface area contributed by atoms with Gasteiger partial charge in [0.2, 0.25) is 0 Å². The molecule has 1 atom stereocenters. The molecule has 0 bridgehead atoms. The first-order chi connectivity index (χ1) is 18.6. The Labute approximate surface area is 238 Å². The first-order valence-electron chi connectivity index (χ1n) is 11.7. The quantitative estimate of drug-likeness (QED) is 0.180. The highest BCUT2D eigenvalue weighted by Gasteiger charge is 2.38. The number of methoxy groups -OCH3 is 1. The molecule has 204 valence electrons. The molecule has 4 aromatic rings. The number of ether oxygens (including phenoxy) is 2. The van der Waals surface area contributed by atoms with Crippen LogP contribution in [0.3, 0.4) is 0 Å². The molecule has 0 spiro atoms. The number of fused-ring (bicyclic) bond motifs is 2. The molecule has 0 saturated carbocycles. The van der Waals surface area contributed by atoms with E-state index >= 15 is 0 Å². The van der Waals surface area contributed by atoms with Crippen molar-refractivity contribution in [2.75, 3.05) is 18.0 Å². The Bertz CT molecular complexity index is 1700. The van der Waals surface area contributed by atoms with E-state index in [2.05, 4.69) is 4.98 Å². The summed E-state index contributed by atoms with van der Waals surface area (Å²) in [7, 11) is -2.95. The largest absolute Gasteiger partial charge is 0.486 e. The molecular weight excluding hydrogens is 588 g/mol. The lowest BCUT2D eigenvalue weighted by Gasteiger charge is -2.35. The minimum Gasteiger partial charge on any atom is -0.486 e. The molecule has 5 rings (SSSR count). The van der Waals surface area contributed by atoms with E-state index in [1.165, 1.54) is 39.3 Å². The van der Waals surface area contributed by atoms with E-state index in [0.29, 0.717) is 21.8 Å². The van der Waals surface area contributed by atoms with Gasteiger partial charge in [-0.25, -0.2) is 9.37 Å². The Hall–Kier alpha value is -3.12. The Balaban J connectivity index is 1.59. The van der Waals surface area contributed by atoms with Crippen molar-refractivity contribution in [3.8, 4) is 5.75 Å². The Morgan fingerprint density at radius 2 is 2.10 bits per heavy atom. The van der Waals surface area contributed by atoms with Gasteiger partial charge in [0.1, 0.15) is 17.7 Å². The number of halogens is 3. The number of allylic oxidation sites excluding steroid dienone is 1. The van der Waals surface area contributed by atoms with Crippen molar-refractivity contribution < 1.29 is 27.1 Å². The maximum atomic E-state index is 14.5. The first-order valence-corrected chi connectivity index (χ1v) is 14.8. The molecule has 3 heterocycles. The third-order valence-electron chi connectivity index (χ3n) is 6.27. The number of anilines is 1. The molecule has 0 saturated heterocycles. The van der Waals surface area contributed by atoms with E-state index in [9.17, 15) is 17.6 Å². The molecule has 2 aromatic heterocycles. The number of rotatable bonds is 7. The monoisotopic (exact) mass is 609 g/mol. The van der Waals surface area contributed by atoms with Crippen LogP contribution in [0.15, 0.2) is 53.0 Å². The van der Waals surface area contributed by atoms with Gasteiger partial charge in [0.15, 0.2) is 15.1 Å². The molecule has 8 nitrogen and oxygen atoms in total. The molecular formula is C26H22Cl2FN3O5S2. The van der Waals surface area contributed by atoms with Crippen LogP contribution < -0.4 is 9.04 Å². The maximum Gasteiger partial charge on any atom is 0.305 e. The average Bonchev–Trinajstić information content (AvgIpc) is 3.46. The van der Waals surface area contributed by atoms with Gasteiger partial charge < -0.3 is 9.47 Å². The number of imidazole rings is 1. The number of aromatic nitrogens is 2. The smallest absolute Gasteiger partial charge is 0.305 e. The summed E-state index contributed by atoms with van der Waals surface area (Å²) in [6.07, 6.45) is 2.95. The summed E-state index contributed by atoms with van der Waals surface area (Å²) in [5, 5.41) is 1.65. The average molecular weight is 611 g/mol. The van der Waals surface area contributed by atoms with Crippen molar-refractivity contribution in [3.63, 3.8) is 0 Å². The summed E-state index contributed by atoms with van der Waals surface area (Å²) in [4.78, 5) is 16.4. The summed E-state index contributed by atoms with van der Waals surface area (Å²) >= 11 is 13.8. The van der Waals surface area contributed by atoms with Gasteiger partial charge in [-0.1, -0.05) is 41.4 Å². The predicted molar refractivity (Wildman–Crippen MR) is 150 cm³/mol. The minimum atomic E-state index is -4.24. The third kappa shape index (κ3) is 5.23. The SMILES string of the molecule is COC(=O)CC[C@H]1CN(S(=O)(=O)c2c(Cl)nc3sccn23)c2cc(C=C(C)c3c(F)cccc3Cl)ccc2O1. The van der Waals surface area contributed by atoms with Crippen LogP contribution in [0, 0.1) is 5.82 Å². The Kier molecular flexibility index (Phi) is 7.60. The van der Waals surface area contributed by atoms with E-state index < -0.39 is 27.9 Å². The van der Waals surface area contributed by atoms with Crippen molar-refractivity contribution in [1.29, 1.82) is 0 Å². The second-order valence-electron chi connectivity index (χ2n) is 8.81. The molecule has 0 radical (unpaired) electrons. The summed E-state index contributed by atoms with van der Waals surface area (Å²) in [5.41, 5.74) is 1.68. The Morgan fingerprint density at radius 3 is 2.85 bits per heavy atom. The molecule has 0 amide bonds. The Morgan fingerprint density at radius 1 is 1.31 bits per heavy atom. The summed E-state index contributed by atoms with van der Waals surface area (Å²) in [6, 6.07) is 9.46. The number of hydrogen-bond acceptors (Lipinski definition) is 7. The van der Waals surface area contributed by atoms with Gasteiger partial charge in [-0.3, -0.25) is 13.5 Å². The fourth-order valence-electron chi connectivity index (χ4n) is 4.45. The zero-order valence-corrected chi connectivity index (χ0v) is 23.9. The van der Waals surface area contributed by atoms with Crippen molar-refractivity contribution in [2.24, 2.45) is 0 Å². The number of thiazole rings is 1. The number of hydrogen-bond donors (Lipinski definition) is 0. The van der Waals surface area contributed by atoms with Crippen LogP contribution in [0.5, 0.6) is 5.75 Å². The molecule has 0 unspecified atom stereocenters. The molecule has 0 aliphatic carbocycles. The van der Waals surface area contributed by atoms with Crippen LogP contribution >= 0.6 is 34.5 Å². The van der Waals surface area contributed by atoms with E-state index in [1.54, 1.807) is 48.8 Å². The molecule has 1 aliphatic rings. The van der Waals surface area contributed by atoms with E-state index in [4.69, 9.17) is 32.7 Å². The standard InChI is InChI=1S/C26H22Cl2FN3O5S2/c1-15(23-18(27)4-3-5-19(23)29)12-16-6-8-21-20(13-16)32(14-17(37-21)7-9-22(33)36-2)39(34,35)25-24(28)30-26-31(25)10-11-38-26/h3-6,8,10-13,17H,7,9,14H2,1-2H3/t17-/m0/s1. The number of benzene rings is 2. The van der Waals surface area contributed by atoms with Gasteiger partial charge in [-0.2, -0.15) is 8.42 Å². The van der Waals surface area contributed by atoms with Gasteiger partial charge in [-0.15, -0.1) is 11.3 Å². The number of carbonyl (C=O) groups is 1. The lowest BCUT2D eigenvalue weighted by atomic mass is 10.0. The highest BCUT2D eigenvalue weighted by molar-refractivity contribution is 7.92. The van der Waals surface area contributed by atoms with Crippen LogP contribution in [0.25, 0.3) is 16.6 Å². The zero-order chi connectivity index (χ0) is 27.9. The van der Waals surface area contributed by atoms with E-state index in [1.807, 2.05) is 0 Å². The highest BCUT2D eigenvalue weighted by atomic mass is 35.5. The lowest BCUT2D eigenvalue weighted by molar-refractivity contribution is -0.141. The van der Waals surface area contributed by atoms with E-state index in [-0.39, 0.29) is 45.8 Å². The second-order valence-corrected chi connectivity index (χ2v) is 12.2. The molecule has 2 aromatic carbocycles. The number of nitrogens with zero attached hydrogens (tertiary/aromatic N) is 3. The number of esters is 1. The van der Waals surface area contributed by atoms with Gasteiger partial charge in [0.05, 0.1) is 24.4 Å². The summed E-state index contributed by atoms with van der Waals surface area (Å²) in [5.74, 6) is -0.591. The molecule has 39 heavy (non-hydrogen) atoms. The van der Waals surface area contributed by atoms with Crippen LogP contribution in [0.4, 0.5) is 10.1 Å². The number of carbonyl (C=O) groups excluding carboxylic acids is 1. The third-order valence-corrected chi connectivity index (χ3v) is 9.52. The minimum absolute atomic E-state index is 0.0516. The fraction of sp³-hybridized carbons (Fsp3) is 0.231. The predicted octanol–water partition coefficient (Wildman–Crippen LogP) is 6.31. The molecule has 0 fully saturated rings. The summed E-state index contributed by atoms with van der Waals surface area (Å²) in [6.45, 7) is 1.64. The van der Waals surface area contributed by atoms with Crippen LogP contribution in [-0.2, 0) is 19.6 Å². The number of sulfonamides is 1. The van der Waals surface area contributed by atoms with Crippen LogP contribution in [0.2, 0.25) is 10.2 Å². The normalized spacial score (nSPS) is 15.8. The van der Waals surface area contributed by atoms with E-state index in [0.717, 1.165) is 0 Å². The van der Waals surface area contributed by atoms with Crippen molar-refractivity contribution in [2.45, 2.75) is 30.9 Å². The van der Waals surface area contributed by atoms with Gasteiger partial charge in [0, 0.05) is 23.6 Å². The van der Waals surface area contributed by atoms with Gasteiger partial charge >= 0.3 is 5.97 Å². The zero-order valence-electron chi connectivity index (χ0n) is 20.7. The van der Waals surface area contributed by atoms with Crippen molar-refractivity contribution in [3.05, 3.63) is 75.1 Å². The molecule has 13 heteroatoms. The van der Waals surface area contributed by atoms with Crippen LogP contribution in [-0.4, -0.2) is 43.5 Å². The highest BCUT2D eigenvalue weighted by Crippen LogP contribution is 2.41. The maximum absolute atomic E-state index is 14.5. The fourth-order valence-corrected chi connectivity index (χ4v) is 7.67. The van der Waals surface area contributed by atoms with Gasteiger partial charge in [-0.05, 0) is 48.7 Å². The first kappa shape index (κ1) is 27.4. The van der Waals surface area contributed by atoms with Crippen LogP contribution in [0.1, 0.15) is 30.9 Å². The van der Waals surface area contributed by atoms with Gasteiger partial charge in [0.25, 0.3) is 10.0 Å². The van der Waals surface area contributed by atoms with Crippen molar-refractivity contribution in [1.82, 2.24) is 9.38 Å².